The average molecular weight is 355 g/mol. The van der Waals surface area contributed by atoms with Crippen LogP contribution in [0.25, 0.3) is 0 Å². The molecule has 0 spiro atoms. The molecular weight excluding hydrogens is 324 g/mol. The first-order valence-electron chi connectivity index (χ1n) is 8.82. The predicted molar refractivity (Wildman–Crippen MR) is 96.4 cm³/mol. The molecule has 1 fully saturated rings. The second-order valence-electron chi connectivity index (χ2n) is 7.04. The normalized spacial score (nSPS) is 23.5. The van der Waals surface area contributed by atoms with Crippen molar-refractivity contribution in [3.05, 3.63) is 29.8 Å². The number of rotatable bonds is 8. The van der Waals surface area contributed by atoms with E-state index in [0.29, 0.717) is 18.5 Å². The van der Waals surface area contributed by atoms with Crippen molar-refractivity contribution in [2.24, 2.45) is 5.92 Å². The van der Waals surface area contributed by atoms with E-state index in [1.54, 1.807) is 12.1 Å². The van der Waals surface area contributed by atoms with Gasteiger partial charge in [-0.3, -0.25) is 4.90 Å². The molecule has 2 unspecified atom stereocenters. The molecule has 2 rings (SSSR count). The number of hydrogen-bond acceptors (Lipinski definition) is 4. The fourth-order valence-electron chi connectivity index (χ4n) is 3.39. The summed E-state index contributed by atoms with van der Waals surface area (Å²) < 4.78 is 27.2. The van der Waals surface area contributed by atoms with Gasteiger partial charge in [0.05, 0.1) is 11.0 Å². The van der Waals surface area contributed by atoms with E-state index in [1.807, 2.05) is 12.1 Å². The molecule has 0 amide bonds. The largest absolute Gasteiger partial charge is 0.390 e. The molecule has 1 aromatic carbocycles. The number of nitrogens with zero attached hydrogens (tertiary/aromatic N) is 1. The van der Waals surface area contributed by atoms with Crippen LogP contribution in [0.4, 0.5) is 0 Å². The first-order chi connectivity index (χ1) is 11.3. The van der Waals surface area contributed by atoms with E-state index in [1.165, 1.54) is 0 Å². The number of β-amino-alcohol motifs (C(OH)–C–C–N with tert-alkyl or cyclic N) is 1. The van der Waals surface area contributed by atoms with Crippen molar-refractivity contribution in [2.45, 2.75) is 57.1 Å². The van der Waals surface area contributed by atoms with Gasteiger partial charge in [-0.15, -0.1) is 0 Å². The van der Waals surface area contributed by atoms with Crippen molar-refractivity contribution in [1.82, 2.24) is 9.62 Å². The number of aliphatic hydroxyl groups excluding tert-OH is 1. The third-order valence-corrected chi connectivity index (χ3v) is 6.08. The van der Waals surface area contributed by atoms with Gasteiger partial charge in [-0.25, -0.2) is 13.1 Å². The van der Waals surface area contributed by atoms with E-state index >= 15 is 0 Å². The lowest BCUT2D eigenvalue weighted by atomic mass is 10.1. The van der Waals surface area contributed by atoms with Crippen LogP contribution in [0.3, 0.4) is 0 Å². The lowest BCUT2D eigenvalue weighted by Gasteiger charge is -2.24. The molecule has 6 heteroatoms. The highest BCUT2D eigenvalue weighted by Crippen LogP contribution is 2.22. The molecule has 1 heterocycles. The number of hydrogen-bond donors (Lipinski definition) is 2. The summed E-state index contributed by atoms with van der Waals surface area (Å²) in [6.45, 7) is 7.95. The summed E-state index contributed by atoms with van der Waals surface area (Å²) in [5.41, 5.74) is 1.13. The molecule has 24 heavy (non-hydrogen) atoms. The summed E-state index contributed by atoms with van der Waals surface area (Å²) in [6, 6.07) is 7.40. The molecule has 0 radical (unpaired) electrons. The highest BCUT2D eigenvalue weighted by atomic mass is 32.2. The Balaban J connectivity index is 1.87. The molecule has 1 aliphatic rings. The standard InChI is InChI=1S/C18H30N2O3S/c1-4-5-16-6-8-18(9-7-16)24(22,23)19-11-17(21)13-20-12-14(2)10-15(20)3/h6-9,14-15,17,19,21H,4-5,10-13H2,1-3H3/t14?,15?,17-/m0/s1. The van der Waals surface area contributed by atoms with E-state index in [9.17, 15) is 13.5 Å². The van der Waals surface area contributed by atoms with Gasteiger partial charge in [0.25, 0.3) is 0 Å². The lowest BCUT2D eigenvalue weighted by molar-refractivity contribution is 0.111. The Morgan fingerprint density at radius 3 is 2.50 bits per heavy atom. The van der Waals surface area contributed by atoms with Crippen molar-refractivity contribution in [2.75, 3.05) is 19.6 Å². The molecule has 1 saturated heterocycles. The van der Waals surface area contributed by atoms with Crippen LogP contribution in [0.2, 0.25) is 0 Å². The zero-order chi connectivity index (χ0) is 17.7. The molecule has 5 nitrogen and oxygen atoms in total. The zero-order valence-corrected chi connectivity index (χ0v) is 15.7. The summed E-state index contributed by atoms with van der Waals surface area (Å²) in [5.74, 6) is 0.630. The molecule has 0 saturated carbocycles. The van der Waals surface area contributed by atoms with Gasteiger partial charge in [-0.05, 0) is 43.4 Å². The summed E-state index contributed by atoms with van der Waals surface area (Å²) in [5, 5.41) is 10.2. The minimum atomic E-state index is -3.57. The Labute approximate surface area is 146 Å². The van der Waals surface area contributed by atoms with Crippen molar-refractivity contribution in [3.8, 4) is 0 Å². The third-order valence-electron chi connectivity index (χ3n) is 4.64. The molecule has 136 valence electrons. The maximum absolute atomic E-state index is 12.3. The van der Waals surface area contributed by atoms with Gasteiger partial charge in [0, 0.05) is 25.7 Å². The van der Waals surface area contributed by atoms with Gasteiger partial charge in [-0.2, -0.15) is 0 Å². The molecule has 0 aliphatic carbocycles. The van der Waals surface area contributed by atoms with Gasteiger partial charge in [0.1, 0.15) is 0 Å². The predicted octanol–water partition coefficient (Wildman–Crippen LogP) is 2.01. The highest BCUT2D eigenvalue weighted by molar-refractivity contribution is 7.89. The number of likely N-dealkylation sites (tertiary alicyclic amines) is 1. The summed E-state index contributed by atoms with van der Waals surface area (Å²) >= 11 is 0. The van der Waals surface area contributed by atoms with Crippen LogP contribution in [0.15, 0.2) is 29.2 Å². The van der Waals surface area contributed by atoms with Crippen LogP contribution >= 0.6 is 0 Å². The Morgan fingerprint density at radius 1 is 1.29 bits per heavy atom. The van der Waals surface area contributed by atoms with Crippen LogP contribution in [-0.2, 0) is 16.4 Å². The Bertz CT molecular complexity index is 616. The maximum atomic E-state index is 12.3. The van der Waals surface area contributed by atoms with E-state index in [0.717, 1.165) is 31.4 Å². The molecule has 0 aromatic heterocycles. The van der Waals surface area contributed by atoms with Gasteiger partial charge in [-0.1, -0.05) is 32.4 Å². The second-order valence-corrected chi connectivity index (χ2v) is 8.81. The Morgan fingerprint density at radius 2 is 1.96 bits per heavy atom. The monoisotopic (exact) mass is 354 g/mol. The smallest absolute Gasteiger partial charge is 0.240 e. The van der Waals surface area contributed by atoms with E-state index in [-0.39, 0.29) is 11.4 Å². The van der Waals surface area contributed by atoms with Crippen molar-refractivity contribution < 1.29 is 13.5 Å². The maximum Gasteiger partial charge on any atom is 0.240 e. The fraction of sp³-hybridized carbons (Fsp3) is 0.667. The fourth-order valence-corrected chi connectivity index (χ4v) is 4.46. The highest BCUT2D eigenvalue weighted by Gasteiger charge is 2.27. The summed E-state index contributed by atoms with van der Waals surface area (Å²) in [7, 11) is -3.57. The van der Waals surface area contributed by atoms with Crippen LogP contribution in [0, 0.1) is 5.92 Å². The Kier molecular flexibility index (Phi) is 6.80. The Hall–Kier alpha value is -0.950. The number of aliphatic hydroxyl groups is 1. The van der Waals surface area contributed by atoms with Crippen molar-refractivity contribution >= 4 is 10.0 Å². The lowest BCUT2D eigenvalue weighted by Crippen LogP contribution is -2.41. The summed E-state index contributed by atoms with van der Waals surface area (Å²) in [4.78, 5) is 2.47. The first kappa shape index (κ1) is 19.4. The molecular formula is C18H30N2O3S. The van der Waals surface area contributed by atoms with Gasteiger partial charge < -0.3 is 5.11 Å². The van der Waals surface area contributed by atoms with E-state index in [4.69, 9.17) is 0 Å². The summed E-state index contributed by atoms with van der Waals surface area (Å²) in [6.07, 6.45) is 2.40. The van der Waals surface area contributed by atoms with Gasteiger partial charge in [0.2, 0.25) is 10.0 Å². The quantitative estimate of drug-likeness (QED) is 0.749. The topological polar surface area (TPSA) is 69.6 Å². The van der Waals surface area contributed by atoms with Gasteiger partial charge >= 0.3 is 0 Å². The number of aryl methyl sites for hydroxylation is 1. The number of benzene rings is 1. The minimum absolute atomic E-state index is 0.0383. The van der Waals surface area contributed by atoms with Crippen LogP contribution in [0.5, 0.6) is 0 Å². The molecule has 0 bridgehead atoms. The number of nitrogens with one attached hydrogen (secondary N) is 1. The van der Waals surface area contributed by atoms with Crippen molar-refractivity contribution in [3.63, 3.8) is 0 Å². The van der Waals surface area contributed by atoms with Gasteiger partial charge in [0.15, 0.2) is 0 Å². The van der Waals surface area contributed by atoms with E-state index in [2.05, 4.69) is 30.4 Å². The average Bonchev–Trinajstić information content (AvgIpc) is 2.84. The second kappa shape index (κ2) is 8.43. The molecule has 2 N–H and O–H groups in total. The molecule has 1 aliphatic heterocycles. The zero-order valence-electron chi connectivity index (χ0n) is 14.9. The first-order valence-corrected chi connectivity index (χ1v) is 10.3. The van der Waals surface area contributed by atoms with Crippen LogP contribution < -0.4 is 4.72 Å². The third kappa shape index (κ3) is 5.28. The van der Waals surface area contributed by atoms with Crippen LogP contribution in [0.1, 0.15) is 39.2 Å². The minimum Gasteiger partial charge on any atom is -0.390 e. The molecule has 1 aromatic rings. The molecule has 3 atom stereocenters. The van der Waals surface area contributed by atoms with Crippen molar-refractivity contribution in [1.29, 1.82) is 0 Å². The number of sulfonamides is 1. The SMILES string of the molecule is CCCc1ccc(S(=O)(=O)NC[C@H](O)CN2CC(C)CC2C)cc1. The van der Waals surface area contributed by atoms with Crippen LogP contribution in [-0.4, -0.2) is 50.2 Å². The van der Waals surface area contributed by atoms with E-state index < -0.39 is 16.1 Å².